The van der Waals surface area contributed by atoms with Crippen molar-refractivity contribution in [2.75, 3.05) is 18.1 Å². The SMILES string of the molecule is Cc1ccc(S(=O)(=O)NC(C)(C)C)cc1C(=O)N(CC1CCCO1)c1nc2ccccc2s1. The largest absolute Gasteiger partial charge is 0.376 e. The van der Waals surface area contributed by atoms with Crippen LogP contribution in [0.3, 0.4) is 0 Å². The second-order valence-electron chi connectivity index (χ2n) is 9.35. The zero-order chi connectivity index (χ0) is 23.8. The molecule has 33 heavy (non-hydrogen) atoms. The number of thiazole rings is 1. The molecule has 1 amide bonds. The highest BCUT2D eigenvalue weighted by Gasteiger charge is 2.29. The van der Waals surface area contributed by atoms with Crippen LogP contribution in [0.15, 0.2) is 47.4 Å². The standard InChI is InChI=1S/C24H29N3O4S2/c1-16-11-12-18(33(29,30)26-24(2,3)4)14-19(16)22(28)27(15-17-8-7-13-31-17)23-25-20-9-5-6-10-21(20)32-23/h5-6,9-12,14,17,26H,7-8,13,15H2,1-4H3. The van der Waals surface area contributed by atoms with Crippen LogP contribution in [0.25, 0.3) is 10.2 Å². The van der Waals surface area contributed by atoms with Gasteiger partial charge in [0, 0.05) is 17.7 Å². The van der Waals surface area contributed by atoms with Gasteiger partial charge in [-0.25, -0.2) is 18.1 Å². The van der Waals surface area contributed by atoms with E-state index in [4.69, 9.17) is 4.74 Å². The van der Waals surface area contributed by atoms with Crippen molar-refractivity contribution < 1.29 is 17.9 Å². The van der Waals surface area contributed by atoms with Crippen LogP contribution in [-0.4, -0.2) is 44.1 Å². The van der Waals surface area contributed by atoms with Crippen LogP contribution in [0.1, 0.15) is 49.5 Å². The number of carbonyl (C=O) groups excluding carboxylic acids is 1. The Morgan fingerprint density at radius 3 is 2.67 bits per heavy atom. The van der Waals surface area contributed by atoms with Gasteiger partial charge in [-0.2, -0.15) is 0 Å². The number of aromatic nitrogens is 1. The Morgan fingerprint density at radius 1 is 1.24 bits per heavy atom. The van der Waals surface area contributed by atoms with Crippen LogP contribution in [0.5, 0.6) is 0 Å². The molecule has 0 spiro atoms. The fourth-order valence-electron chi connectivity index (χ4n) is 3.82. The fraction of sp³-hybridized carbons (Fsp3) is 0.417. The molecule has 1 unspecified atom stereocenters. The molecule has 1 fully saturated rings. The molecule has 0 bridgehead atoms. The molecule has 4 rings (SSSR count). The van der Waals surface area contributed by atoms with E-state index in [0.29, 0.717) is 29.4 Å². The van der Waals surface area contributed by atoms with Crippen molar-refractivity contribution in [3.05, 3.63) is 53.6 Å². The lowest BCUT2D eigenvalue weighted by atomic mass is 10.1. The van der Waals surface area contributed by atoms with Crippen molar-refractivity contribution in [2.24, 2.45) is 0 Å². The molecule has 176 valence electrons. The number of aryl methyl sites for hydroxylation is 1. The number of fused-ring (bicyclic) bond motifs is 1. The van der Waals surface area contributed by atoms with Gasteiger partial charge in [0.15, 0.2) is 5.13 Å². The number of rotatable bonds is 6. The van der Waals surface area contributed by atoms with Crippen LogP contribution >= 0.6 is 11.3 Å². The number of hydrogen-bond donors (Lipinski definition) is 1. The number of nitrogens with zero attached hydrogens (tertiary/aromatic N) is 2. The number of para-hydroxylation sites is 1. The van der Waals surface area contributed by atoms with E-state index in [1.54, 1.807) is 31.7 Å². The predicted molar refractivity (Wildman–Crippen MR) is 132 cm³/mol. The fourth-order valence-corrected chi connectivity index (χ4v) is 6.24. The number of hydrogen-bond acceptors (Lipinski definition) is 6. The van der Waals surface area contributed by atoms with Gasteiger partial charge < -0.3 is 4.74 Å². The summed E-state index contributed by atoms with van der Waals surface area (Å²) in [6, 6.07) is 12.4. The summed E-state index contributed by atoms with van der Waals surface area (Å²) in [5, 5.41) is 0.581. The number of amides is 1. The van der Waals surface area contributed by atoms with E-state index in [9.17, 15) is 13.2 Å². The van der Waals surface area contributed by atoms with Crippen LogP contribution in [0.4, 0.5) is 5.13 Å². The maximum atomic E-state index is 13.8. The Kier molecular flexibility index (Phi) is 6.59. The van der Waals surface area contributed by atoms with E-state index in [-0.39, 0.29) is 16.9 Å². The third-order valence-corrected chi connectivity index (χ3v) is 8.17. The molecule has 1 saturated heterocycles. The number of carbonyl (C=O) groups is 1. The lowest BCUT2D eigenvalue weighted by Gasteiger charge is -2.24. The summed E-state index contributed by atoms with van der Waals surface area (Å²) in [5.74, 6) is -0.283. The van der Waals surface area contributed by atoms with Crippen LogP contribution in [0.2, 0.25) is 0 Å². The lowest BCUT2D eigenvalue weighted by Crippen LogP contribution is -2.41. The average molecular weight is 488 g/mol. The number of anilines is 1. The molecule has 3 aromatic rings. The molecule has 1 aromatic heterocycles. The first-order valence-electron chi connectivity index (χ1n) is 11.0. The summed E-state index contributed by atoms with van der Waals surface area (Å²) >= 11 is 1.44. The summed E-state index contributed by atoms with van der Waals surface area (Å²) in [4.78, 5) is 20.2. The summed E-state index contributed by atoms with van der Waals surface area (Å²) < 4.78 is 35.3. The molecule has 0 aliphatic carbocycles. The van der Waals surface area contributed by atoms with E-state index in [1.807, 2.05) is 31.2 Å². The van der Waals surface area contributed by atoms with Crippen LogP contribution < -0.4 is 9.62 Å². The van der Waals surface area contributed by atoms with Gasteiger partial charge in [-0.05, 0) is 70.4 Å². The highest BCUT2D eigenvalue weighted by Crippen LogP contribution is 2.31. The monoisotopic (exact) mass is 487 g/mol. The number of benzene rings is 2. The van der Waals surface area contributed by atoms with Gasteiger partial charge in [-0.15, -0.1) is 0 Å². The van der Waals surface area contributed by atoms with Gasteiger partial charge in [0.05, 0.1) is 27.8 Å². The second-order valence-corrected chi connectivity index (χ2v) is 12.0. The topological polar surface area (TPSA) is 88.6 Å². The molecular formula is C24H29N3O4S2. The molecular weight excluding hydrogens is 458 g/mol. The van der Waals surface area contributed by atoms with E-state index in [0.717, 1.165) is 23.1 Å². The molecule has 1 aliphatic heterocycles. The first-order valence-corrected chi connectivity index (χ1v) is 13.3. The summed E-state index contributed by atoms with van der Waals surface area (Å²) in [6.45, 7) is 8.19. The minimum absolute atomic E-state index is 0.0627. The molecule has 1 N–H and O–H groups in total. The van der Waals surface area contributed by atoms with E-state index >= 15 is 0 Å². The quantitative estimate of drug-likeness (QED) is 0.553. The Labute approximate surface area is 198 Å². The van der Waals surface area contributed by atoms with Gasteiger partial charge in [-0.3, -0.25) is 9.69 Å². The van der Waals surface area contributed by atoms with Crippen molar-refractivity contribution in [1.29, 1.82) is 0 Å². The molecule has 0 radical (unpaired) electrons. The van der Waals surface area contributed by atoms with E-state index in [1.165, 1.54) is 23.5 Å². The third-order valence-electron chi connectivity index (χ3n) is 5.36. The number of ether oxygens (including phenoxy) is 1. The second kappa shape index (κ2) is 9.13. The maximum absolute atomic E-state index is 13.8. The van der Waals surface area contributed by atoms with Crippen LogP contribution in [-0.2, 0) is 14.8 Å². The summed E-state index contributed by atoms with van der Waals surface area (Å²) in [5.41, 5.74) is 1.23. The molecule has 1 aliphatic rings. The summed E-state index contributed by atoms with van der Waals surface area (Å²) in [6.07, 6.45) is 1.76. The smallest absolute Gasteiger partial charge is 0.260 e. The van der Waals surface area contributed by atoms with Gasteiger partial charge in [0.2, 0.25) is 10.0 Å². The molecule has 0 saturated carbocycles. The number of nitrogens with one attached hydrogen (secondary N) is 1. The minimum Gasteiger partial charge on any atom is -0.376 e. The van der Waals surface area contributed by atoms with Crippen LogP contribution in [0, 0.1) is 6.92 Å². The van der Waals surface area contributed by atoms with Crippen molar-refractivity contribution in [3.63, 3.8) is 0 Å². The minimum atomic E-state index is -3.78. The Balaban J connectivity index is 1.74. The zero-order valence-corrected chi connectivity index (χ0v) is 20.9. The van der Waals surface area contributed by atoms with Crippen molar-refractivity contribution in [3.8, 4) is 0 Å². The van der Waals surface area contributed by atoms with Crippen molar-refractivity contribution in [1.82, 2.24) is 9.71 Å². The average Bonchev–Trinajstić information content (AvgIpc) is 3.39. The first-order chi connectivity index (χ1) is 15.5. The highest BCUT2D eigenvalue weighted by atomic mass is 32.2. The highest BCUT2D eigenvalue weighted by molar-refractivity contribution is 7.89. The Bertz CT molecular complexity index is 1240. The molecule has 9 heteroatoms. The molecule has 7 nitrogen and oxygen atoms in total. The number of sulfonamides is 1. The predicted octanol–water partition coefficient (Wildman–Crippen LogP) is 4.51. The molecule has 2 heterocycles. The maximum Gasteiger partial charge on any atom is 0.260 e. The van der Waals surface area contributed by atoms with Gasteiger partial charge in [-0.1, -0.05) is 29.5 Å². The van der Waals surface area contributed by atoms with Gasteiger partial charge >= 0.3 is 0 Å². The van der Waals surface area contributed by atoms with Gasteiger partial charge in [0.25, 0.3) is 5.91 Å². The molecule has 2 aromatic carbocycles. The van der Waals surface area contributed by atoms with E-state index < -0.39 is 15.6 Å². The third kappa shape index (κ3) is 5.43. The van der Waals surface area contributed by atoms with Gasteiger partial charge in [0.1, 0.15) is 0 Å². The van der Waals surface area contributed by atoms with E-state index in [2.05, 4.69) is 9.71 Å². The normalized spacial score (nSPS) is 16.9. The van der Waals surface area contributed by atoms with Crippen molar-refractivity contribution >= 4 is 42.6 Å². The lowest BCUT2D eigenvalue weighted by molar-refractivity contribution is 0.0916. The molecule has 1 atom stereocenters. The first kappa shape index (κ1) is 23.8. The Morgan fingerprint density at radius 2 is 2.00 bits per heavy atom. The zero-order valence-electron chi connectivity index (χ0n) is 19.3. The van der Waals surface area contributed by atoms with Crippen molar-refractivity contribution in [2.45, 2.75) is 57.1 Å². The summed E-state index contributed by atoms with van der Waals surface area (Å²) in [7, 11) is -3.78. The Hall–Kier alpha value is -2.33.